The highest BCUT2D eigenvalue weighted by molar-refractivity contribution is 5.97. The molecule has 0 bridgehead atoms. The van der Waals surface area contributed by atoms with Gasteiger partial charge in [0.05, 0.1) is 7.11 Å². The molecule has 2 heteroatoms. The number of hydrogen-bond donors (Lipinski definition) is 0. The summed E-state index contributed by atoms with van der Waals surface area (Å²) in [6, 6.07) is 9.35. The van der Waals surface area contributed by atoms with Gasteiger partial charge in [-0.15, -0.1) is 0 Å². The van der Waals surface area contributed by atoms with Crippen LogP contribution in [0.15, 0.2) is 24.3 Å². The van der Waals surface area contributed by atoms with Gasteiger partial charge < -0.3 is 4.74 Å². The Hall–Kier alpha value is -1.31. The second kappa shape index (κ2) is 5.13. The highest BCUT2D eigenvalue weighted by Crippen LogP contribution is 2.26. The number of nitrogens with zero attached hydrogens (tertiary/aromatic N) is 1. The quantitative estimate of drug-likeness (QED) is 0.727. The molecule has 0 amide bonds. The number of benzene rings is 1. The first-order valence-corrected chi connectivity index (χ1v) is 7.15. The lowest BCUT2D eigenvalue weighted by molar-refractivity contribution is -0.581. The summed E-state index contributed by atoms with van der Waals surface area (Å²) in [4.78, 5) is 0. The number of rotatable bonds is 2. The predicted octanol–water partition coefficient (Wildman–Crippen LogP) is 3.23. The van der Waals surface area contributed by atoms with Crippen LogP contribution in [0.1, 0.15) is 44.1 Å². The minimum Gasteiger partial charge on any atom is -0.497 e. The van der Waals surface area contributed by atoms with Crippen LogP contribution in [0.3, 0.4) is 0 Å². The zero-order valence-electron chi connectivity index (χ0n) is 11.2. The van der Waals surface area contributed by atoms with Gasteiger partial charge in [0, 0.05) is 31.2 Å². The van der Waals surface area contributed by atoms with Gasteiger partial charge in [0.15, 0.2) is 11.8 Å². The van der Waals surface area contributed by atoms with Crippen LogP contribution in [0.5, 0.6) is 5.75 Å². The Balaban J connectivity index is 1.99. The van der Waals surface area contributed by atoms with Crippen molar-refractivity contribution < 1.29 is 9.31 Å². The molecule has 0 spiro atoms. The van der Waals surface area contributed by atoms with Crippen LogP contribution < -0.4 is 4.74 Å². The van der Waals surface area contributed by atoms with Crippen molar-refractivity contribution in [3.8, 4) is 5.75 Å². The van der Waals surface area contributed by atoms with Gasteiger partial charge >= 0.3 is 0 Å². The summed E-state index contributed by atoms with van der Waals surface area (Å²) in [6.45, 7) is 1.25. The topological polar surface area (TPSA) is 12.2 Å². The molecule has 2 aliphatic rings. The molecule has 0 radical (unpaired) electrons. The minimum atomic E-state index is 0.800. The molecule has 3 rings (SSSR count). The summed E-state index contributed by atoms with van der Waals surface area (Å²) in [7, 11) is 1.74. The zero-order chi connectivity index (χ0) is 12.4. The highest BCUT2D eigenvalue weighted by atomic mass is 16.5. The largest absolute Gasteiger partial charge is 0.497 e. The lowest BCUT2D eigenvalue weighted by atomic mass is 9.91. The van der Waals surface area contributed by atoms with E-state index in [1.54, 1.807) is 12.8 Å². The Kier molecular flexibility index (Phi) is 3.35. The van der Waals surface area contributed by atoms with Gasteiger partial charge in [0.25, 0.3) is 0 Å². The maximum absolute atomic E-state index is 5.35. The summed E-state index contributed by atoms with van der Waals surface area (Å²) in [6.07, 6.45) is 8.09. The molecule has 1 fully saturated rings. The molecule has 2 heterocycles. The third kappa shape index (κ3) is 2.16. The second-order valence-corrected chi connectivity index (χ2v) is 5.41. The number of fused-ring (bicyclic) bond motifs is 1. The standard InChI is InChI=1S/C16H22NO/c1-18-15-9-4-6-13(12-15)16-10-5-8-14-7-2-3-11-17(14)16/h4,6,9,12,14H,2-3,5,7-8,10-11H2,1H3/q+1. The SMILES string of the molecule is COc1cccc(C2=[N+]3CCCCC3CCC2)c1. The molecular formula is C16H22NO+. The van der Waals surface area contributed by atoms with E-state index >= 15 is 0 Å². The van der Waals surface area contributed by atoms with E-state index in [2.05, 4.69) is 22.8 Å². The number of hydrogen-bond acceptors (Lipinski definition) is 1. The first kappa shape index (κ1) is 11.8. The van der Waals surface area contributed by atoms with Gasteiger partial charge in [-0.2, -0.15) is 0 Å². The molecule has 1 saturated heterocycles. The van der Waals surface area contributed by atoms with Gasteiger partial charge in [-0.05, 0) is 31.0 Å². The van der Waals surface area contributed by atoms with E-state index in [0.29, 0.717) is 0 Å². The lowest BCUT2D eigenvalue weighted by Crippen LogP contribution is -2.39. The highest BCUT2D eigenvalue weighted by Gasteiger charge is 2.32. The smallest absolute Gasteiger partial charge is 0.183 e. The van der Waals surface area contributed by atoms with Crippen molar-refractivity contribution in [1.82, 2.24) is 0 Å². The molecule has 1 unspecified atom stereocenters. The van der Waals surface area contributed by atoms with Crippen LogP contribution in [-0.2, 0) is 0 Å². The Morgan fingerprint density at radius 1 is 1.17 bits per heavy atom. The molecule has 0 saturated carbocycles. The summed E-state index contributed by atoms with van der Waals surface area (Å²) in [5.41, 5.74) is 2.91. The molecule has 0 aliphatic carbocycles. The Morgan fingerprint density at radius 3 is 2.94 bits per heavy atom. The Bertz CT molecular complexity index is 464. The van der Waals surface area contributed by atoms with Gasteiger partial charge in [-0.1, -0.05) is 6.07 Å². The number of ether oxygens (including phenoxy) is 1. The van der Waals surface area contributed by atoms with Crippen LogP contribution in [0.2, 0.25) is 0 Å². The van der Waals surface area contributed by atoms with E-state index < -0.39 is 0 Å². The van der Waals surface area contributed by atoms with Crippen molar-refractivity contribution in [2.24, 2.45) is 0 Å². The molecule has 1 atom stereocenters. The second-order valence-electron chi connectivity index (χ2n) is 5.41. The van der Waals surface area contributed by atoms with Crippen molar-refractivity contribution in [2.45, 2.75) is 44.6 Å². The van der Waals surface area contributed by atoms with Crippen LogP contribution in [-0.4, -0.2) is 30.0 Å². The number of piperidine rings is 1. The van der Waals surface area contributed by atoms with E-state index in [-0.39, 0.29) is 0 Å². The van der Waals surface area contributed by atoms with Crippen LogP contribution in [0.25, 0.3) is 0 Å². The van der Waals surface area contributed by atoms with Gasteiger partial charge in [0.1, 0.15) is 12.3 Å². The van der Waals surface area contributed by atoms with Crippen LogP contribution >= 0.6 is 0 Å². The molecule has 1 aromatic rings. The fraction of sp³-hybridized carbons (Fsp3) is 0.562. The summed E-state index contributed by atoms with van der Waals surface area (Å²) < 4.78 is 8.02. The molecular weight excluding hydrogens is 222 g/mol. The van der Waals surface area contributed by atoms with E-state index in [9.17, 15) is 0 Å². The normalized spacial score (nSPS) is 23.7. The van der Waals surface area contributed by atoms with E-state index in [0.717, 1.165) is 11.8 Å². The van der Waals surface area contributed by atoms with Crippen molar-refractivity contribution in [3.63, 3.8) is 0 Å². The van der Waals surface area contributed by atoms with Gasteiger partial charge in [-0.3, -0.25) is 0 Å². The van der Waals surface area contributed by atoms with E-state index in [1.807, 2.05) is 6.07 Å². The first-order valence-electron chi connectivity index (χ1n) is 7.15. The Morgan fingerprint density at radius 2 is 2.06 bits per heavy atom. The van der Waals surface area contributed by atoms with E-state index in [4.69, 9.17) is 4.74 Å². The van der Waals surface area contributed by atoms with Crippen molar-refractivity contribution >= 4 is 5.71 Å². The fourth-order valence-corrected chi connectivity index (χ4v) is 3.42. The van der Waals surface area contributed by atoms with Gasteiger partial charge in [-0.25, -0.2) is 4.58 Å². The summed E-state index contributed by atoms with van der Waals surface area (Å²) >= 11 is 0. The van der Waals surface area contributed by atoms with Gasteiger partial charge in [0.2, 0.25) is 0 Å². The molecule has 0 N–H and O–H groups in total. The average Bonchev–Trinajstić information content (AvgIpc) is 2.47. The maximum Gasteiger partial charge on any atom is 0.183 e. The molecule has 18 heavy (non-hydrogen) atoms. The third-order valence-electron chi connectivity index (χ3n) is 4.33. The molecule has 96 valence electrons. The molecule has 2 nitrogen and oxygen atoms in total. The van der Waals surface area contributed by atoms with E-state index in [1.165, 1.54) is 50.6 Å². The fourth-order valence-electron chi connectivity index (χ4n) is 3.42. The average molecular weight is 244 g/mol. The van der Waals surface area contributed by atoms with Crippen molar-refractivity contribution in [2.75, 3.05) is 13.7 Å². The van der Waals surface area contributed by atoms with Crippen LogP contribution in [0.4, 0.5) is 0 Å². The third-order valence-corrected chi connectivity index (χ3v) is 4.33. The van der Waals surface area contributed by atoms with Crippen molar-refractivity contribution in [3.05, 3.63) is 29.8 Å². The summed E-state index contributed by atoms with van der Waals surface area (Å²) in [5.74, 6) is 0.971. The van der Waals surface area contributed by atoms with Crippen molar-refractivity contribution in [1.29, 1.82) is 0 Å². The summed E-state index contributed by atoms with van der Waals surface area (Å²) in [5, 5.41) is 0. The lowest BCUT2D eigenvalue weighted by Gasteiger charge is -2.27. The first-order chi connectivity index (χ1) is 8.88. The molecule has 2 aliphatic heterocycles. The predicted molar refractivity (Wildman–Crippen MR) is 73.7 cm³/mol. The minimum absolute atomic E-state index is 0.800. The zero-order valence-corrected chi connectivity index (χ0v) is 11.2. The maximum atomic E-state index is 5.35. The Labute approximate surface area is 109 Å². The van der Waals surface area contributed by atoms with Crippen LogP contribution in [0, 0.1) is 0 Å². The number of methoxy groups -OCH3 is 1. The molecule has 0 aromatic heterocycles. The monoisotopic (exact) mass is 244 g/mol. The molecule has 1 aromatic carbocycles.